The molecule has 1 aromatic carbocycles. The Balaban J connectivity index is 2.10. The van der Waals surface area contributed by atoms with Crippen molar-refractivity contribution in [1.82, 2.24) is 5.16 Å². The van der Waals surface area contributed by atoms with Gasteiger partial charge in [0.2, 0.25) is 0 Å². The molecule has 2 rings (SSSR count). The number of nitriles is 1. The highest BCUT2D eigenvalue weighted by Crippen LogP contribution is 2.22. The van der Waals surface area contributed by atoms with E-state index in [2.05, 4.69) is 23.6 Å². The highest BCUT2D eigenvalue weighted by atomic mass is 16.8. The van der Waals surface area contributed by atoms with E-state index in [1.807, 2.05) is 0 Å². The molecule has 0 radical (unpaired) electrons. The van der Waals surface area contributed by atoms with Crippen LogP contribution in [0.1, 0.15) is 26.0 Å². The summed E-state index contributed by atoms with van der Waals surface area (Å²) in [6, 6.07) is 8.80. The van der Waals surface area contributed by atoms with E-state index in [-0.39, 0.29) is 16.3 Å². The molecule has 0 aliphatic carbocycles. The predicted molar refractivity (Wildman–Crippen MR) is 70.6 cm³/mol. The molecule has 0 unspecified atom stereocenters. The molecule has 6 nitrogen and oxygen atoms in total. The Morgan fingerprint density at radius 1 is 1.40 bits per heavy atom. The Bertz CT molecular complexity index is 612. The van der Waals surface area contributed by atoms with Crippen LogP contribution in [-0.4, -0.2) is 11.8 Å². The van der Waals surface area contributed by atoms with Gasteiger partial charge in [-0.05, 0) is 41.5 Å². The summed E-state index contributed by atoms with van der Waals surface area (Å²) in [6.07, 6.45) is 0.986. The molecule has 1 heterocycles. The molecular formula is C14H15N3O3. The van der Waals surface area contributed by atoms with Crippen molar-refractivity contribution in [3.63, 3.8) is 0 Å². The van der Waals surface area contributed by atoms with Gasteiger partial charge in [0.15, 0.2) is 6.07 Å². The first-order valence-electron chi connectivity index (χ1n) is 6.35. The predicted octanol–water partition coefficient (Wildman–Crippen LogP) is 2.27. The van der Waals surface area contributed by atoms with Gasteiger partial charge in [0, 0.05) is 10.7 Å². The fourth-order valence-corrected chi connectivity index (χ4v) is 1.65. The molecule has 6 heteroatoms. The zero-order chi connectivity index (χ0) is 14.5. The van der Waals surface area contributed by atoms with Gasteiger partial charge in [-0.2, -0.15) is 5.26 Å². The number of hydrogen-bond acceptors (Lipinski definition) is 5. The topological polar surface area (TPSA) is 86.0 Å². The van der Waals surface area contributed by atoms with Gasteiger partial charge in [-0.25, -0.2) is 0 Å². The van der Waals surface area contributed by atoms with E-state index < -0.39 is 0 Å². The standard InChI is InChI=1S/C14H15N3O3/c1-10(2)7-8-19-12-5-3-11(4-6-12)14-13(9-15)17(18)20-16-14/h3-6,10H,7-8H2,1-2H3. The van der Waals surface area contributed by atoms with E-state index in [9.17, 15) is 5.21 Å². The molecule has 20 heavy (non-hydrogen) atoms. The smallest absolute Gasteiger partial charge is 0.302 e. The van der Waals surface area contributed by atoms with Gasteiger partial charge in [-0.15, -0.1) is 0 Å². The van der Waals surface area contributed by atoms with Crippen molar-refractivity contribution in [2.24, 2.45) is 5.92 Å². The van der Waals surface area contributed by atoms with Crippen molar-refractivity contribution in [3.8, 4) is 23.1 Å². The number of nitrogens with zero attached hydrogens (tertiary/aromatic N) is 3. The summed E-state index contributed by atoms with van der Waals surface area (Å²) in [5.74, 6) is 1.33. The van der Waals surface area contributed by atoms with Crippen LogP contribution >= 0.6 is 0 Å². The number of benzene rings is 1. The second-order valence-corrected chi connectivity index (χ2v) is 4.79. The summed E-state index contributed by atoms with van der Waals surface area (Å²) >= 11 is 0. The minimum absolute atomic E-state index is 0.0996. The average molecular weight is 273 g/mol. The molecule has 0 atom stereocenters. The number of ether oxygens (including phenoxy) is 1. The van der Waals surface area contributed by atoms with Crippen molar-refractivity contribution in [3.05, 3.63) is 35.2 Å². The molecule has 104 valence electrons. The normalized spacial score (nSPS) is 10.5. The molecule has 0 saturated heterocycles. The Morgan fingerprint density at radius 2 is 2.10 bits per heavy atom. The Labute approximate surface area is 116 Å². The molecular weight excluding hydrogens is 258 g/mol. The first kappa shape index (κ1) is 13.9. The molecule has 0 aliphatic rings. The van der Waals surface area contributed by atoms with Crippen molar-refractivity contribution < 1.29 is 14.3 Å². The SMILES string of the molecule is CC(C)CCOc1ccc(-c2no[n+]([O-])c2C#N)cc1. The monoisotopic (exact) mass is 273 g/mol. The van der Waals surface area contributed by atoms with Crippen LogP contribution in [0.2, 0.25) is 0 Å². The molecule has 0 amide bonds. The van der Waals surface area contributed by atoms with Gasteiger partial charge in [0.25, 0.3) is 5.69 Å². The van der Waals surface area contributed by atoms with Gasteiger partial charge < -0.3 is 9.94 Å². The van der Waals surface area contributed by atoms with E-state index in [1.165, 1.54) is 0 Å². The number of aromatic nitrogens is 2. The fraction of sp³-hybridized carbons (Fsp3) is 0.357. The average Bonchev–Trinajstić information content (AvgIpc) is 2.80. The maximum Gasteiger partial charge on any atom is 0.302 e. The molecule has 1 aromatic heterocycles. The molecule has 0 N–H and O–H groups in total. The van der Waals surface area contributed by atoms with Crippen LogP contribution in [0.25, 0.3) is 11.3 Å². The van der Waals surface area contributed by atoms with Gasteiger partial charge in [-0.3, -0.25) is 4.63 Å². The van der Waals surface area contributed by atoms with Crippen molar-refractivity contribution >= 4 is 0 Å². The molecule has 0 saturated carbocycles. The van der Waals surface area contributed by atoms with E-state index >= 15 is 0 Å². The number of hydrogen-bond donors (Lipinski definition) is 0. The zero-order valence-electron chi connectivity index (χ0n) is 11.4. The summed E-state index contributed by atoms with van der Waals surface area (Å²) in [6.45, 7) is 4.93. The minimum atomic E-state index is -0.154. The summed E-state index contributed by atoms with van der Waals surface area (Å²) < 4.78 is 10.0. The van der Waals surface area contributed by atoms with Crippen molar-refractivity contribution in [2.75, 3.05) is 6.61 Å². The van der Waals surface area contributed by atoms with E-state index in [4.69, 9.17) is 10.00 Å². The van der Waals surface area contributed by atoms with Crippen LogP contribution in [-0.2, 0) is 0 Å². The fourth-order valence-electron chi connectivity index (χ4n) is 1.65. The summed E-state index contributed by atoms with van der Waals surface area (Å²) in [7, 11) is 0. The lowest BCUT2D eigenvalue weighted by molar-refractivity contribution is -0.804. The maximum absolute atomic E-state index is 11.2. The Hall–Kier alpha value is -2.55. The van der Waals surface area contributed by atoms with Gasteiger partial charge >= 0.3 is 5.69 Å². The van der Waals surface area contributed by atoms with Crippen LogP contribution in [0, 0.1) is 22.5 Å². The van der Waals surface area contributed by atoms with Gasteiger partial charge in [0.05, 0.1) is 6.61 Å². The third-order valence-electron chi connectivity index (χ3n) is 2.81. The molecule has 0 aliphatic heterocycles. The first-order valence-corrected chi connectivity index (χ1v) is 6.35. The molecule has 2 aromatic rings. The van der Waals surface area contributed by atoms with E-state index in [1.54, 1.807) is 30.3 Å². The van der Waals surface area contributed by atoms with Crippen molar-refractivity contribution in [2.45, 2.75) is 20.3 Å². The van der Waals surface area contributed by atoms with Gasteiger partial charge in [0.1, 0.15) is 5.75 Å². The van der Waals surface area contributed by atoms with Crippen molar-refractivity contribution in [1.29, 1.82) is 5.26 Å². The molecule has 0 bridgehead atoms. The second-order valence-electron chi connectivity index (χ2n) is 4.79. The van der Waals surface area contributed by atoms with Crippen LogP contribution in [0.15, 0.2) is 28.9 Å². The summed E-state index contributed by atoms with van der Waals surface area (Å²) in [4.78, 5) is 0.0996. The maximum atomic E-state index is 11.2. The van der Waals surface area contributed by atoms with Crippen LogP contribution in [0.5, 0.6) is 5.75 Å². The molecule has 0 fully saturated rings. The lowest BCUT2D eigenvalue weighted by atomic mass is 10.1. The van der Waals surface area contributed by atoms with Crippen LogP contribution in [0.4, 0.5) is 0 Å². The third-order valence-corrected chi connectivity index (χ3v) is 2.81. The van der Waals surface area contributed by atoms with Crippen LogP contribution < -0.4 is 9.64 Å². The lowest BCUT2D eigenvalue weighted by Crippen LogP contribution is -2.26. The van der Waals surface area contributed by atoms with E-state index in [0.717, 1.165) is 12.2 Å². The lowest BCUT2D eigenvalue weighted by Gasteiger charge is -2.07. The Morgan fingerprint density at radius 3 is 2.70 bits per heavy atom. The summed E-state index contributed by atoms with van der Waals surface area (Å²) in [5.41, 5.74) is 0.714. The molecule has 0 spiro atoms. The highest BCUT2D eigenvalue weighted by Gasteiger charge is 2.20. The minimum Gasteiger partial charge on any atom is -0.494 e. The number of rotatable bonds is 5. The second kappa shape index (κ2) is 6.06. The first-order chi connectivity index (χ1) is 9.61. The van der Waals surface area contributed by atoms with E-state index in [0.29, 0.717) is 18.1 Å². The largest absolute Gasteiger partial charge is 0.494 e. The summed E-state index contributed by atoms with van der Waals surface area (Å²) in [5, 5.41) is 23.6. The highest BCUT2D eigenvalue weighted by molar-refractivity contribution is 5.63. The van der Waals surface area contributed by atoms with Crippen LogP contribution in [0.3, 0.4) is 0 Å². The Kier molecular flexibility index (Phi) is 4.20. The van der Waals surface area contributed by atoms with Gasteiger partial charge in [-0.1, -0.05) is 13.8 Å². The quantitative estimate of drug-likeness (QED) is 0.780. The zero-order valence-corrected chi connectivity index (χ0v) is 11.4. The third kappa shape index (κ3) is 3.06.